The molecule has 1 aliphatic heterocycles. The number of rotatable bonds is 4. The van der Waals surface area contributed by atoms with Crippen molar-refractivity contribution in [2.24, 2.45) is 11.7 Å². The molecule has 1 saturated heterocycles. The monoisotopic (exact) mass is 268 g/mol. The fourth-order valence-corrected chi connectivity index (χ4v) is 2.47. The lowest BCUT2D eigenvalue weighted by molar-refractivity contribution is 0.220. The van der Waals surface area contributed by atoms with Gasteiger partial charge < -0.3 is 10.8 Å². The van der Waals surface area contributed by atoms with Crippen molar-refractivity contribution >= 4 is 17.2 Å². The first kappa shape index (κ1) is 13.4. The number of aliphatic hydroxyl groups excluding tert-OH is 1. The number of hydrogen-bond acceptors (Lipinski definition) is 3. The number of halogens is 1. The van der Waals surface area contributed by atoms with Crippen molar-refractivity contribution in [3.8, 4) is 0 Å². The minimum atomic E-state index is -0.312. The Bertz CT molecular complexity index is 453. The molecule has 0 radical (unpaired) electrons. The van der Waals surface area contributed by atoms with Crippen molar-refractivity contribution in [1.82, 2.24) is 4.90 Å². The van der Waals surface area contributed by atoms with Gasteiger partial charge in [-0.3, -0.25) is 4.90 Å². The maximum absolute atomic E-state index is 13.4. The Morgan fingerprint density at radius 2 is 2.28 bits per heavy atom. The van der Waals surface area contributed by atoms with Gasteiger partial charge in [-0.15, -0.1) is 0 Å². The van der Waals surface area contributed by atoms with Crippen LogP contribution in [0.3, 0.4) is 0 Å². The molecule has 1 aromatic carbocycles. The lowest BCUT2D eigenvalue weighted by Gasteiger charge is -2.16. The summed E-state index contributed by atoms with van der Waals surface area (Å²) in [6.07, 6.45) is 0.994. The Balaban J connectivity index is 2.07. The Hall–Kier alpha value is -1.04. The van der Waals surface area contributed by atoms with Crippen molar-refractivity contribution in [2.45, 2.75) is 13.0 Å². The molecule has 2 rings (SSSR count). The molecule has 98 valence electrons. The van der Waals surface area contributed by atoms with Crippen LogP contribution in [0.4, 0.5) is 4.39 Å². The highest BCUT2D eigenvalue weighted by Crippen LogP contribution is 2.19. The first-order valence-corrected chi connectivity index (χ1v) is 6.42. The predicted octanol–water partition coefficient (Wildman–Crippen LogP) is 1.27. The molecule has 3 nitrogen and oxygen atoms in total. The van der Waals surface area contributed by atoms with E-state index < -0.39 is 0 Å². The van der Waals surface area contributed by atoms with Crippen molar-refractivity contribution in [2.75, 3.05) is 19.7 Å². The third-order valence-electron chi connectivity index (χ3n) is 3.28. The number of hydrogen-bond donors (Lipinski definition) is 2. The van der Waals surface area contributed by atoms with Gasteiger partial charge in [-0.2, -0.15) is 0 Å². The molecule has 1 aliphatic rings. The van der Waals surface area contributed by atoms with E-state index in [4.69, 9.17) is 23.1 Å². The summed E-state index contributed by atoms with van der Waals surface area (Å²) in [7, 11) is 0. The van der Waals surface area contributed by atoms with Crippen molar-refractivity contribution in [3.05, 3.63) is 35.1 Å². The molecule has 0 saturated carbocycles. The van der Waals surface area contributed by atoms with Crippen molar-refractivity contribution in [3.63, 3.8) is 0 Å². The highest BCUT2D eigenvalue weighted by molar-refractivity contribution is 7.80. The lowest BCUT2D eigenvalue weighted by Crippen LogP contribution is -2.21. The molecule has 5 heteroatoms. The van der Waals surface area contributed by atoms with Crippen LogP contribution in [0.2, 0.25) is 0 Å². The minimum absolute atomic E-state index is 0.213. The van der Waals surface area contributed by atoms with E-state index in [1.165, 1.54) is 12.1 Å². The summed E-state index contributed by atoms with van der Waals surface area (Å²) >= 11 is 4.87. The third kappa shape index (κ3) is 3.25. The Kier molecular flexibility index (Phi) is 4.27. The SMILES string of the molecule is NC(=S)c1cc(F)cc(CN2CCC(CO)C2)c1. The molecule has 0 aromatic heterocycles. The number of thiocarbonyl (C=S) groups is 1. The maximum atomic E-state index is 13.4. The summed E-state index contributed by atoms with van der Waals surface area (Å²) < 4.78 is 13.4. The Morgan fingerprint density at radius 3 is 2.89 bits per heavy atom. The molecule has 3 N–H and O–H groups in total. The zero-order chi connectivity index (χ0) is 13.1. The molecular formula is C13H17FN2OS. The van der Waals surface area contributed by atoms with Crippen LogP contribution >= 0.6 is 12.2 Å². The van der Waals surface area contributed by atoms with Gasteiger partial charge in [0.15, 0.2) is 0 Å². The molecule has 1 atom stereocenters. The van der Waals surface area contributed by atoms with Gasteiger partial charge in [0.1, 0.15) is 10.8 Å². The Morgan fingerprint density at radius 1 is 1.50 bits per heavy atom. The van der Waals surface area contributed by atoms with E-state index in [1.54, 1.807) is 0 Å². The van der Waals surface area contributed by atoms with Gasteiger partial charge in [0.05, 0.1) is 0 Å². The fourth-order valence-electron chi connectivity index (χ4n) is 2.35. The fraction of sp³-hybridized carbons (Fsp3) is 0.462. The number of aliphatic hydroxyl groups is 1. The molecule has 0 aliphatic carbocycles. The normalized spacial score (nSPS) is 20.2. The molecular weight excluding hydrogens is 251 g/mol. The first-order valence-electron chi connectivity index (χ1n) is 6.01. The van der Waals surface area contributed by atoms with E-state index >= 15 is 0 Å². The topological polar surface area (TPSA) is 49.5 Å². The predicted molar refractivity (Wildman–Crippen MR) is 72.8 cm³/mol. The van der Waals surface area contributed by atoms with E-state index in [2.05, 4.69) is 4.90 Å². The molecule has 1 heterocycles. The first-order chi connectivity index (χ1) is 8.58. The van der Waals surface area contributed by atoms with Crippen molar-refractivity contribution < 1.29 is 9.50 Å². The standard InChI is InChI=1S/C13H17FN2OS/c14-12-4-10(3-11(5-12)13(15)18)7-16-2-1-9(6-16)8-17/h3-5,9,17H,1-2,6-8H2,(H2,15,18). The summed E-state index contributed by atoms with van der Waals surface area (Å²) in [5, 5.41) is 9.09. The highest BCUT2D eigenvalue weighted by atomic mass is 32.1. The van der Waals surface area contributed by atoms with Gasteiger partial charge in [-0.25, -0.2) is 4.39 Å². The van der Waals surface area contributed by atoms with Gasteiger partial charge in [0.2, 0.25) is 0 Å². The van der Waals surface area contributed by atoms with Crippen LogP contribution in [-0.2, 0) is 6.54 Å². The number of nitrogens with two attached hydrogens (primary N) is 1. The summed E-state index contributed by atoms with van der Waals surface area (Å²) in [5.74, 6) is 0.0295. The molecule has 0 bridgehead atoms. The molecule has 1 unspecified atom stereocenters. The van der Waals surface area contributed by atoms with Crippen molar-refractivity contribution in [1.29, 1.82) is 0 Å². The van der Waals surface area contributed by atoms with E-state index in [1.807, 2.05) is 6.07 Å². The van der Waals surface area contributed by atoms with E-state index in [0.717, 1.165) is 25.1 Å². The Labute approximate surface area is 111 Å². The van der Waals surface area contributed by atoms with Crippen LogP contribution in [0.25, 0.3) is 0 Å². The van der Waals surface area contributed by atoms with E-state index in [9.17, 15) is 4.39 Å². The number of nitrogens with zero attached hydrogens (tertiary/aromatic N) is 1. The second-order valence-corrected chi connectivity index (χ2v) is 5.22. The summed E-state index contributed by atoms with van der Waals surface area (Å²) in [6.45, 7) is 2.68. The van der Waals surface area contributed by atoms with E-state index in [-0.39, 0.29) is 17.4 Å². The lowest BCUT2D eigenvalue weighted by atomic mass is 10.1. The van der Waals surface area contributed by atoms with Crippen LogP contribution in [0, 0.1) is 11.7 Å². The minimum Gasteiger partial charge on any atom is -0.396 e. The number of likely N-dealkylation sites (tertiary alicyclic amines) is 1. The van der Waals surface area contributed by atoms with Crippen LogP contribution in [0.15, 0.2) is 18.2 Å². The van der Waals surface area contributed by atoms with Crippen LogP contribution < -0.4 is 5.73 Å². The quantitative estimate of drug-likeness (QED) is 0.808. The molecule has 1 aromatic rings. The zero-order valence-electron chi connectivity index (χ0n) is 10.1. The van der Waals surface area contributed by atoms with Crippen LogP contribution in [0.5, 0.6) is 0 Å². The summed E-state index contributed by atoms with van der Waals surface area (Å²) in [5.41, 5.74) is 6.96. The average molecular weight is 268 g/mol. The molecule has 18 heavy (non-hydrogen) atoms. The number of benzene rings is 1. The van der Waals surface area contributed by atoms with Gasteiger partial charge in [-0.1, -0.05) is 12.2 Å². The molecule has 1 fully saturated rings. The van der Waals surface area contributed by atoms with E-state index in [0.29, 0.717) is 18.0 Å². The second-order valence-electron chi connectivity index (χ2n) is 4.78. The largest absolute Gasteiger partial charge is 0.396 e. The molecule has 0 spiro atoms. The summed E-state index contributed by atoms with van der Waals surface area (Å²) in [6, 6.07) is 4.69. The van der Waals surface area contributed by atoms with Crippen LogP contribution in [-0.4, -0.2) is 34.7 Å². The second kappa shape index (κ2) is 5.73. The highest BCUT2D eigenvalue weighted by Gasteiger charge is 2.21. The average Bonchev–Trinajstić information content (AvgIpc) is 2.76. The van der Waals surface area contributed by atoms with Gasteiger partial charge in [0.25, 0.3) is 0 Å². The third-order valence-corrected chi connectivity index (χ3v) is 3.51. The van der Waals surface area contributed by atoms with Gasteiger partial charge in [0, 0.05) is 25.3 Å². The van der Waals surface area contributed by atoms with Gasteiger partial charge >= 0.3 is 0 Å². The maximum Gasteiger partial charge on any atom is 0.124 e. The zero-order valence-corrected chi connectivity index (χ0v) is 10.9. The smallest absolute Gasteiger partial charge is 0.124 e. The van der Waals surface area contributed by atoms with Crippen LogP contribution in [0.1, 0.15) is 17.5 Å². The summed E-state index contributed by atoms with van der Waals surface area (Å²) in [4.78, 5) is 2.42. The van der Waals surface area contributed by atoms with Gasteiger partial charge in [-0.05, 0) is 42.6 Å². The molecule has 0 amide bonds.